The number of guanidine groups is 1. The van der Waals surface area contributed by atoms with E-state index in [2.05, 4.69) is 51.4 Å². The lowest BCUT2D eigenvalue weighted by molar-refractivity contribution is 0.115. The molecule has 0 radical (unpaired) electrons. The van der Waals surface area contributed by atoms with Gasteiger partial charge in [-0.05, 0) is 40.2 Å². The average molecular weight is 382 g/mol. The van der Waals surface area contributed by atoms with Crippen molar-refractivity contribution >= 4 is 17.3 Å². The standard InChI is InChI=1S/C19H35N5OS/c1-14-9-7-8-10-24(14)15(2)11-21-19(20-4)23(5)12-17-13-26-18(22-17)16(3)25-6/h13-16H,7-12H2,1-6H3,(H,20,21). The fourth-order valence-electron chi connectivity index (χ4n) is 3.52. The summed E-state index contributed by atoms with van der Waals surface area (Å²) in [6.07, 6.45) is 4.03. The molecular weight excluding hydrogens is 346 g/mol. The van der Waals surface area contributed by atoms with Crippen LogP contribution in [0.3, 0.4) is 0 Å². The van der Waals surface area contributed by atoms with Gasteiger partial charge in [-0.3, -0.25) is 9.89 Å². The van der Waals surface area contributed by atoms with Gasteiger partial charge in [0.25, 0.3) is 0 Å². The van der Waals surface area contributed by atoms with Gasteiger partial charge in [0.1, 0.15) is 11.1 Å². The molecule has 1 aromatic rings. The molecule has 1 fully saturated rings. The number of aliphatic imine (C=N–C) groups is 1. The van der Waals surface area contributed by atoms with E-state index in [1.807, 2.05) is 14.0 Å². The third-order valence-electron chi connectivity index (χ3n) is 5.22. The highest BCUT2D eigenvalue weighted by Crippen LogP contribution is 2.21. The van der Waals surface area contributed by atoms with Gasteiger partial charge >= 0.3 is 0 Å². The van der Waals surface area contributed by atoms with E-state index in [0.717, 1.165) is 29.8 Å². The zero-order valence-electron chi connectivity index (χ0n) is 17.2. The van der Waals surface area contributed by atoms with Crippen molar-refractivity contribution in [3.8, 4) is 0 Å². The molecule has 0 bridgehead atoms. The summed E-state index contributed by atoms with van der Waals surface area (Å²) in [7, 11) is 5.61. The molecule has 148 valence electrons. The highest BCUT2D eigenvalue weighted by atomic mass is 32.1. The van der Waals surface area contributed by atoms with Crippen molar-refractivity contribution in [2.24, 2.45) is 4.99 Å². The summed E-state index contributed by atoms with van der Waals surface area (Å²) in [4.78, 5) is 13.9. The lowest BCUT2D eigenvalue weighted by atomic mass is 10.0. The lowest BCUT2D eigenvalue weighted by Gasteiger charge is -2.38. The molecule has 0 amide bonds. The highest BCUT2D eigenvalue weighted by Gasteiger charge is 2.23. The SMILES string of the molecule is CN=C(NCC(C)N1CCCCC1C)N(C)Cc1csc(C(C)OC)n1. The molecule has 0 aromatic carbocycles. The van der Waals surface area contributed by atoms with E-state index >= 15 is 0 Å². The molecule has 7 heteroatoms. The molecule has 0 saturated carbocycles. The number of likely N-dealkylation sites (tertiary alicyclic amines) is 1. The Kier molecular flexibility index (Phi) is 8.31. The molecule has 2 rings (SSSR count). The summed E-state index contributed by atoms with van der Waals surface area (Å²) in [6, 6.07) is 1.18. The Morgan fingerprint density at radius 3 is 2.92 bits per heavy atom. The second kappa shape index (κ2) is 10.2. The number of thiazole rings is 1. The van der Waals surface area contributed by atoms with Crippen LogP contribution in [0.25, 0.3) is 0 Å². The average Bonchev–Trinajstić information content (AvgIpc) is 3.10. The van der Waals surface area contributed by atoms with Crippen LogP contribution < -0.4 is 5.32 Å². The fourth-order valence-corrected chi connectivity index (χ4v) is 4.36. The van der Waals surface area contributed by atoms with E-state index in [4.69, 9.17) is 4.74 Å². The molecule has 3 unspecified atom stereocenters. The van der Waals surface area contributed by atoms with Gasteiger partial charge in [0.2, 0.25) is 0 Å². The van der Waals surface area contributed by atoms with E-state index < -0.39 is 0 Å². The Labute approximate surface area is 162 Å². The van der Waals surface area contributed by atoms with E-state index in [0.29, 0.717) is 12.1 Å². The van der Waals surface area contributed by atoms with Crippen LogP contribution in [0.5, 0.6) is 0 Å². The van der Waals surface area contributed by atoms with Crippen molar-refractivity contribution in [1.82, 2.24) is 20.1 Å². The normalized spacial score (nSPS) is 21.5. The summed E-state index contributed by atoms with van der Waals surface area (Å²) >= 11 is 1.65. The lowest BCUT2D eigenvalue weighted by Crippen LogP contribution is -2.50. The number of hydrogen-bond donors (Lipinski definition) is 1. The first-order valence-corrected chi connectivity index (χ1v) is 10.5. The Morgan fingerprint density at radius 1 is 1.50 bits per heavy atom. The second-order valence-corrected chi connectivity index (χ2v) is 8.16. The maximum Gasteiger partial charge on any atom is 0.193 e. The maximum absolute atomic E-state index is 5.35. The Bertz CT molecular complexity index is 576. The molecule has 6 nitrogen and oxygen atoms in total. The molecule has 1 aliphatic heterocycles. The van der Waals surface area contributed by atoms with E-state index in [9.17, 15) is 0 Å². The topological polar surface area (TPSA) is 53.0 Å². The first kappa shape index (κ1) is 21.1. The number of hydrogen-bond acceptors (Lipinski definition) is 5. The Hall–Kier alpha value is -1.18. The summed E-state index contributed by atoms with van der Waals surface area (Å²) in [5, 5.41) is 6.66. The van der Waals surface area contributed by atoms with Crippen LogP contribution >= 0.6 is 11.3 Å². The van der Waals surface area contributed by atoms with E-state index in [1.54, 1.807) is 18.4 Å². The quantitative estimate of drug-likeness (QED) is 0.581. The molecule has 0 spiro atoms. The molecule has 1 aliphatic rings. The summed E-state index contributed by atoms with van der Waals surface area (Å²) in [5.74, 6) is 0.913. The maximum atomic E-state index is 5.35. The fraction of sp³-hybridized carbons (Fsp3) is 0.789. The molecule has 3 atom stereocenters. The van der Waals surface area contributed by atoms with Crippen LogP contribution in [0.4, 0.5) is 0 Å². The van der Waals surface area contributed by atoms with Gasteiger partial charge in [-0.25, -0.2) is 4.98 Å². The number of aromatic nitrogens is 1. The van der Waals surface area contributed by atoms with Crippen LogP contribution in [0.1, 0.15) is 56.8 Å². The second-order valence-electron chi connectivity index (χ2n) is 7.27. The van der Waals surface area contributed by atoms with Crippen molar-refractivity contribution in [3.05, 3.63) is 16.1 Å². The van der Waals surface area contributed by atoms with Crippen LogP contribution in [0.15, 0.2) is 10.4 Å². The molecule has 1 N–H and O–H groups in total. The summed E-state index contributed by atoms with van der Waals surface area (Å²) in [6.45, 7) is 9.53. The largest absolute Gasteiger partial charge is 0.375 e. The zero-order chi connectivity index (χ0) is 19.1. The van der Waals surface area contributed by atoms with Gasteiger partial charge in [-0.1, -0.05) is 6.42 Å². The van der Waals surface area contributed by atoms with E-state index in [-0.39, 0.29) is 6.10 Å². The molecular formula is C19H35N5OS. The van der Waals surface area contributed by atoms with Gasteiger partial charge in [-0.15, -0.1) is 11.3 Å². The number of methoxy groups -OCH3 is 1. The van der Waals surface area contributed by atoms with Crippen molar-refractivity contribution in [1.29, 1.82) is 0 Å². The molecule has 26 heavy (non-hydrogen) atoms. The zero-order valence-corrected chi connectivity index (χ0v) is 18.0. The third-order valence-corrected chi connectivity index (χ3v) is 6.27. The number of piperidine rings is 1. The molecule has 2 heterocycles. The van der Waals surface area contributed by atoms with Crippen molar-refractivity contribution in [2.75, 3.05) is 34.3 Å². The highest BCUT2D eigenvalue weighted by molar-refractivity contribution is 7.09. The molecule has 0 aliphatic carbocycles. The van der Waals surface area contributed by atoms with Gasteiger partial charge < -0.3 is 15.0 Å². The minimum atomic E-state index is 0.0453. The van der Waals surface area contributed by atoms with Crippen LogP contribution in [0, 0.1) is 0 Å². The number of rotatable bonds is 7. The monoisotopic (exact) mass is 381 g/mol. The van der Waals surface area contributed by atoms with Crippen LogP contribution in [0.2, 0.25) is 0 Å². The van der Waals surface area contributed by atoms with Crippen LogP contribution in [-0.4, -0.2) is 67.1 Å². The predicted octanol–water partition coefficient (Wildman–Crippen LogP) is 3.12. The molecule has 1 aromatic heterocycles. The number of nitrogens with zero attached hydrogens (tertiary/aromatic N) is 4. The van der Waals surface area contributed by atoms with Crippen molar-refractivity contribution in [3.63, 3.8) is 0 Å². The van der Waals surface area contributed by atoms with E-state index in [1.165, 1.54) is 25.8 Å². The number of nitrogens with one attached hydrogen (secondary N) is 1. The predicted molar refractivity (Wildman–Crippen MR) is 110 cm³/mol. The van der Waals surface area contributed by atoms with Gasteiger partial charge in [-0.2, -0.15) is 0 Å². The van der Waals surface area contributed by atoms with Crippen molar-refractivity contribution < 1.29 is 4.74 Å². The third kappa shape index (κ3) is 5.66. The molecule has 1 saturated heterocycles. The first-order valence-electron chi connectivity index (χ1n) is 9.60. The smallest absolute Gasteiger partial charge is 0.193 e. The Balaban J connectivity index is 1.86. The van der Waals surface area contributed by atoms with Crippen molar-refractivity contribution in [2.45, 2.75) is 64.8 Å². The summed E-state index contributed by atoms with van der Waals surface area (Å²) in [5.41, 5.74) is 1.05. The summed E-state index contributed by atoms with van der Waals surface area (Å²) < 4.78 is 5.35. The van der Waals surface area contributed by atoms with Crippen LogP contribution in [-0.2, 0) is 11.3 Å². The number of ether oxygens (including phenoxy) is 1. The minimum Gasteiger partial charge on any atom is -0.375 e. The van der Waals surface area contributed by atoms with Gasteiger partial charge in [0.15, 0.2) is 5.96 Å². The first-order chi connectivity index (χ1) is 12.5. The Morgan fingerprint density at radius 2 is 2.27 bits per heavy atom. The van der Waals surface area contributed by atoms with Gasteiger partial charge in [0, 0.05) is 45.2 Å². The van der Waals surface area contributed by atoms with Gasteiger partial charge in [0.05, 0.1) is 12.2 Å². The minimum absolute atomic E-state index is 0.0453.